The summed E-state index contributed by atoms with van der Waals surface area (Å²) >= 11 is 0. The minimum absolute atomic E-state index is 0.737. The van der Waals surface area contributed by atoms with Crippen LogP contribution in [0.2, 0.25) is 0 Å². The van der Waals surface area contributed by atoms with Gasteiger partial charge in [0.25, 0.3) is 0 Å². The standard InChI is InChI=1S/C19H35N/c1-2-3-4-5-6-7-8-9-10-11-12-13-14-15-16-17-18-19-20/h9-10H,2-8,11-18H2,1H3. The van der Waals surface area contributed by atoms with Crippen LogP contribution >= 0.6 is 0 Å². The third kappa shape index (κ3) is 17.2. The van der Waals surface area contributed by atoms with Gasteiger partial charge in [0.15, 0.2) is 0 Å². The van der Waals surface area contributed by atoms with Gasteiger partial charge in [-0.25, -0.2) is 0 Å². The van der Waals surface area contributed by atoms with Crippen LogP contribution in [-0.4, -0.2) is 0 Å². The Labute approximate surface area is 127 Å². The highest BCUT2D eigenvalue weighted by atomic mass is 14.2. The highest BCUT2D eigenvalue weighted by Gasteiger charge is 1.91. The molecule has 116 valence electrons. The monoisotopic (exact) mass is 277 g/mol. The van der Waals surface area contributed by atoms with Crippen molar-refractivity contribution in [3.8, 4) is 6.07 Å². The number of hydrogen-bond donors (Lipinski definition) is 0. The molecule has 0 spiro atoms. The van der Waals surface area contributed by atoms with E-state index >= 15 is 0 Å². The molecular formula is C19H35N. The minimum atomic E-state index is 0.737. The van der Waals surface area contributed by atoms with E-state index in [1.54, 1.807) is 0 Å². The Morgan fingerprint density at radius 1 is 0.650 bits per heavy atom. The number of nitrogens with zero attached hydrogens (tertiary/aromatic N) is 1. The van der Waals surface area contributed by atoms with Crippen molar-refractivity contribution < 1.29 is 0 Å². The van der Waals surface area contributed by atoms with E-state index in [-0.39, 0.29) is 0 Å². The molecular weight excluding hydrogens is 242 g/mol. The second-order valence-corrected chi connectivity index (χ2v) is 5.85. The van der Waals surface area contributed by atoms with Gasteiger partial charge in [-0.15, -0.1) is 0 Å². The Balaban J connectivity index is 3.03. The summed E-state index contributed by atoms with van der Waals surface area (Å²) in [6.45, 7) is 2.27. The highest BCUT2D eigenvalue weighted by Crippen LogP contribution is 2.10. The maximum Gasteiger partial charge on any atom is 0.0621 e. The fraction of sp³-hybridized carbons (Fsp3) is 0.842. The van der Waals surface area contributed by atoms with Crippen molar-refractivity contribution in [2.45, 2.75) is 103 Å². The fourth-order valence-corrected chi connectivity index (χ4v) is 2.45. The maximum atomic E-state index is 8.42. The Morgan fingerprint density at radius 2 is 1.10 bits per heavy atom. The summed E-state index contributed by atoms with van der Waals surface area (Å²) < 4.78 is 0. The lowest BCUT2D eigenvalue weighted by atomic mass is 10.1. The van der Waals surface area contributed by atoms with Gasteiger partial charge in [0.1, 0.15) is 0 Å². The smallest absolute Gasteiger partial charge is 0.0621 e. The first-order valence-electron chi connectivity index (χ1n) is 8.93. The molecule has 0 aromatic rings. The van der Waals surface area contributed by atoms with Crippen LogP contribution in [0.3, 0.4) is 0 Å². The van der Waals surface area contributed by atoms with Gasteiger partial charge in [-0.2, -0.15) is 5.26 Å². The van der Waals surface area contributed by atoms with Crippen LogP contribution < -0.4 is 0 Å². The lowest BCUT2D eigenvalue weighted by molar-refractivity contribution is 0.600. The quantitative estimate of drug-likeness (QED) is 0.235. The topological polar surface area (TPSA) is 23.8 Å². The first kappa shape index (κ1) is 19.2. The van der Waals surface area contributed by atoms with Crippen LogP contribution in [0.4, 0.5) is 0 Å². The predicted octanol–water partition coefficient (Wildman–Crippen LogP) is 6.94. The molecule has 1 nitrogen and oxygen atoms in total. The van der Waals surface area contributed by atoms with Crippen LogP contribution in [0, 0.1) is 11.3 Å². The molecule has 0 radical (unpaired) electrons. The van der Waals surface area contributed by atoms with E-state index in [2.05, 4.69) is 25.1 Å². The highest BCUT2D eigenvalue weighted by molar-refractivity contribution is 4.81. The summed E-state index contributed by atoms with van der Waals surface area (Å²) in [6, 6.07) is 2.21. The van der Waals surface area contributed by atoms with Crippen LogP contribution in [0.5, 0.6) is 0 Å². The molecule has 0 rings (SSSR count). The lowest BCUT2D eigenvalue weighted by Gasteiger charge is -1.99. The van der Waals surface area contributed by atoms with Crippen molar-refractivity contribution in [1.29, 1.82) is 5.26 Å². The first-order chi connectivity index (χ1) is 9.91. The van der Waals surface area contributed by atoms with Crippen molar-refractivity contribution >= 4 is 0 Å². The van der Waals surface area contributed by atoms with E-state index in [0.29, 0.717) is 0 Å². The van der Waals surface area contributed by atoms with Gasteiger partial charge >= 0.3 is 0 Å². The van der Waals surface area contributed by atoms with Gasteiger partial charge < -0.3 is 0 Å². The molecule has 0 saturated heterocycles. The average Bonchev–Trinajstić information content (AvgIpc) is 2.47. The third-order valence-electron chi connectivity index (χ3n) is 3.80. The molecule has 1 heteroatoms. The Hall–Kier alpha value is -0.770. The van der Waals surface area contributed by atoms with E-state index in [4.69, 9.17) is 5.26 Å². The summed E-state index contributed by atoms with van der Waals surface area (Å²) in [5, 5.41) is 8.42. The number of unbranched alkanes of at least 4 members (excludes halogenated alkanes) is 13. The molecule has 0 unspecified atom stereocenters. The van der Waals surface area contributed by atoms with Crippen LogP contribution in [0.1, 0.15) is 103 Å². The summed E-state index contributed by atoms with van der Waals surface area (Å²) in [5.41, 5.74) is 0. The molecule has 0 N–H and O–H groups in total. The van der Waals surface area contributed by atoms with Crippen LogP contribution in [0.25, 0.3) is 0 Å². The molecule has 20 heavy (non-hydrogen) atoms. The van der Waals surface area contributed by atoms with Gasteiger partial charge in [-0.1, -0.05) is 76.9 Å². The number of hydrogen-bond acceptors (Lipinski definition) is 1. The molecule has 0 saturated carbocycles. The van der Waals surface area contributed by atoms with Gasteiger partial charge in [0.05, 0.1) is 6.07 Å². The van der Waals surface area contributed by atoms with E-state index in [1.165, 1.54) is 83.5 Å². The largest absolute Gasteiger partial charge is 0.198 e. The second kappa shape index (κ2) is 18.2. The first-order valence-corrected chi connectivity index (χ1v) is 8.93. The number of rotatable bonds is 15. The van der Waals surface area contributed by atoms with Crippen molar-refractivity contribution in [2.24, 2.45) is 0 Å². The fourth-order valence-electron chi connectivity index (χ4n) is 2.45. The maximum absolute atomic E-state index is 8.42. The lowest BCUT2D eigenvalue weighted by Crippen LogP contribution is -1.80. The summed E-state index contributed by atoms with van der Waals surface area (Å²) in [4.78, 5) is 0. The predicted molar refractivity (Wildman–Crippen MR) is 89.7 cm³/mol. The van der Waals surface area contributed by atoms with E-state index in [0.717, 1.165) is 12.8 Å². The van der Waals surface area contributed by atoms with Gasteiger partial charge in [-0.3, -0.25) is 0 Å². The molecule has 0 bridgehead atoms. The second-order valence-electron chi connectivity index (χ2n) is 5.85. The molecule has 0 heterocycles. The van der Waals surface area contributed by atoms with Gasteiger partial charge in [0.2, 0.25) is 0 Å². The summed E-state index contributed by atoms with van der Waals surface area (Å²) in [6.07, 6.45) is 24.1. The zero-order valence-corrected chi connectivity index (χ0v) is 13.7. The summed E-state index contributed by atoms with van der Waals surface area (Å²) in [5.74, 6) is 0. The normalized spacial score (nSPS) is 11.0. The Kier molecular flexibility index (Phi) is 17.5. The van der Waals surface area contributed by atoms with Crippen molar-refractivity contribution in [3.05, 3.63) is 12.2 Å². The van der Waals surface area contributed by atoms with Crippen LogP contribution in [0.15, 0.2) is 12.2 Å². The molecule has 0 aliphatic heterocycles. The number of nitriles is 1. The molecule has 0 amide bonds. The van der Waals surface area contributed by atoms with Crippen molar-refractivity contribution in [3.63, 3.8) is 0 Å². The Morgan fingerprint density at radius 3 is 1.60 bits per heavy atom. The molecule has 0 aliphatic rings. The van der Waals surface area contributed by atoms with E-state index in [9.17, 15) is 0 Å². The van der Waals surface area contributed by atoms with E-state index in [1.807, 2.05) is 0 Å². The van der Waals surface area contributed by atoms with Gasteiger partial charge in [-0.05, 0) is 32.1 Å². The zero-order valence-electron chi connectivity index (χ0n) is 13.7. The third-order valence-corrected chi connectivity index (χ3v) is 3.80. The van der Waals surface area contributed by atoms with E-state index < -0.39 is 0 Å². The molecule has 0 aliphatic carbocycles. The summed E-state index contributed by atoms with van der Waals surface area (Å²) in [7, 11) is 0. The Bertz CT molecular complexity index is 237. The molecule has 0 atom stereocenters. The minimum Gasteiger partial charge on any atom is -0.198 e. The zero-order chi connectivity index (χ0) is 14.7. The average molecular weight is 277 g/mol. The molecule has 0 fully saturated rings. The number of allylic oxidation sites excluding steroid dienone is 2. The molecule has 0 aromatic carbocycles. The van der Waals surface area contributed by atoms with Crippen LogP contribution in [-0.2, 0) is 0 Å². The SMILES string of the molecule is CCCCCCCCC=CCCCCCCCCC#N. The van der Waals surface area contributed by atoms with Gasteiger partial charge in [0, 0.05) is 6.42 Å². The van der Waals surface area contributed by atoms with Crippen molar-refractivity contribution in [1.82, 2.24) is 0 Å². The molecule has 0 aromatic heterocycles. The van der Waals surface area contributed by atoms with Crippen molar-refractivity contribution in [2.75, 3.05) is 0 Å².